The molecule has 2 aromatic rings. The van der Waals surface area contributed by atoms with Crippen LogP contribution in [0.3, 0.4) is 0 Å². The SMILES string of the molecule is CCOC(=O)C1C2COc3ccc(Cl)cc3C2N2C(=O)CN(Cc3ccc(C)cc3)C(=O)[C@@]12C. The summed E-state index contributed by atoms with van der Waals surface area (Å²) in [6.07, 6.45) is 0. The van der Waals surface area contributed by atoms with Crippen molar-refractivity contribution in [3.63, 3.8) is 0 Å². The van der Waals surface area contributed by atoms with Crippen LogP contribution < -0.4 is 4.74 Å². The molecule has 2 saturated heterocycles. The number of nitrogens with zero attached hydrogens (tertiary/aromatic N) is 2. The first-order valence-electron chi connectivity index (χ1n) is 11.5. The first-order chi connectivity index (χ1) is 16.3. The van der Waals surface area contributed by atoms with Gasteiger partial charge >= 0.3 is 5.97 Å². The number of rotatable bonds is 4. The molecule has 4 atom stereocenters. The lowest BCUT2D eigenvalue weighted by molar-refractivity contribution is -0.170. The molecule has 34 heavy (non-hydrogen) atoms. The minimum Gasteiger partial charge on any atom is -0.493 e. The average molecular weight is 483 g/mol. The molecule has 3 heterocycles. The Morgan fingerprint density at radius 3 is 2.65 bits per heavy atom. The maximum atomic E-state index is 14.0. The van der Waals surface area contributed by atoms with Gasteiger partial charge in [-0.1, -0.05) is 41.4 Å². The largest absolute Gasteiger partial charge is 0.493 e. The summed E-state index contributed by atoms with van der Waals surface area (Å²) in [5.41, 5.74) is 1.36. The second-order valence-corrected chi connectivity index (χ2v) is 9.83. The van der Waals surface area contributed by atoms with Gasteiger partial charge in [-0.05, 0) is 44.5 Å². The molecular weight excluding hydrogens is 456 g/mol. The number of amides is 2. The minimum atomic E-state index is -1.39. The minimum absolute atomic E-state index is 0.0577. The molecule has 2 aromatic carbocycles. The summed E-state index contributed by atoms with van der Waals surface area (Å²) < 4.78 is 11.4. The van der Waals surface area contributed by atoms with E-state index in [0.29, 0.717) is 10.8 Å². The third-order valence-corrected chi connectivity index (χ3v) is 7.52. The van der Waals surface area contributed by atoms with E-state index in [0.717, 1.165) is 16.7 Å². The van der Waals surface area contributed by atoms with E-state index in [9.17, 15) is 14.4 Å². The van der Waals surface area contributed by atoms with Gasteiger partial charge in [0.05, 0.1) is 25.2 Å². The number of benzene rings is 2. The van der Waals surface area contributed by atoms with Gasteiger partial charge in [0, 0.05) is 23.0 Å². The van der Waals surface area contributed by atoms with Gasteiger partial charge in [-0.15, -0.1) is 0 Å². The third-order valence-electron chi connectivity index (χ3n) is 7.29. The van der Waals surface area contributed by atoms with E-state index in [-0.39, 0.29) is 38.1 Å². The van der Waals surface area contributed by atoms with Gasteiger partial charge in [0.15, 0.2) is 0 Å². The molecule has 3 aliphatic heterocycles. The number of ether oxygens (including phenoxy) is 2. The summed E-state index contributed by atoms with van der Waals surface area (Å²) in [6.45, 7) is 6.03. The van der Waals surface area contributed by atoms with Crippen LogP contribution in [0.2, 0.25) is 5.02 Å². The number of hydrogen-bond acceptors (Lipinski definition) is 5. The molecule has 0 saturated carbocycles. The highest BCUT2D eigenvalue weighted by atomic mass is 35.5. The molecule has 8 heteroatoms. The summed E-state index contributed by atoms with van der Waals surface area (Å²) in [5, 5.41) is 0.501. The predicted octanol–water partition coefficient (Wildman–Crippen LogP) is 3.52. The van der Waals surface area contributed by atoms with Crippen LogP contribution in [-0.4, -0.2) is 52.9 Å². The van der Waals surface area contributed by atoms with Crippen molar-refractivity contribution < 1.29 is 23.9 Å². The van der Waals surface area contributed by atoms with Crippen LogP contribution in [0.4, 0.5) is 0 Å². The van der Waals surface area contributed by atoms with Crippen molar-refractivity contribution in [2.24, 2.45) is 11.8 Å². The smallest absolute Gasteiger partial charge is 0.312 e. The molecule has 2 fully saturated rings. The monoisotopic (exact) mass is 482 g/mol. The van der Waals surface area contributed by atoms with Crippen LogP contribution >= 0.6 is 11.6 Å². The first kappa shape index (κ1) is 22.7. The quantitative estimate of drug-likeness (QED) is 0.623. The highest BCUT2D eigenvalue weighted by Crippen LogP contribution is 2.57. The molecule has 2 amide bonds. The Bertz CT molecular complexity index is 1170. The number of esters is 1. The second kappa shape index (κ2) is 8.31. The van der Waals surface area contributed by atoms with Gasteiger partial charge in [-0.25, -0.2) is 0 Å². The Morgan fingerprint density at radius 2 is 1.94 bits per heavy atom. The van der Waals surface area contributed by atoms with Gasteiger partial charge in [-0.2, -0.15) is 0 Å². The van der Waals surface area contributed by atoms with Crippen molar-refractivity contribution >= 4 is 29.4 Å². The lowest BCUT2D eigenvalue weighted by Crippen LogP contribution is -2.67. The standard InChI is InChI=1S/C26H27ClN2O5/c1-4-33-24(31)22-19-14-34-20-10-9-17(27)11-18(20)23(19)29-21(30)13-28(25(32)26(22,29)3)12-16-7-5-15(2)6-8-16/h5-11,19,22-23H,4,12-14H2,1-3H3/t19?,22?,23?,26-/m1/s1. The maximum absolute atomic E-state index is 14.0. The first-order valence-corrected chi connectivity index (χ1v) is 11.9. The van der Waals surface area contributed by atoms with Crippen LogP contribution in [0.5, 0.6) is 5.75 Å². The number of halogens is 1. The third kappa shape index (κ3) is 3.36. The van der Waals surface area contributed by atoms with Crippen LogP contribution in [0.15, 0.2) is 42.5 Å². The zero-order valence-electron chi connectivity index (χ0n) is 19.4. The summed E-state index contributed by atoms with van der Waals surface area (Å²) >= 11 is 6.29. The highest BCUT2D eigenvalue weighted by molar-refractivity contribution is 6.30. The molecule has 3 unspecified atom stereocenters. The number of carbonyl (C=O) groups excluding carboxylic acids is 3. The molecule has 0 spiro atoms. The Morgan fingerprint density at radius 1 is 1.21 bits per heavy atom. The summed E-state index contributed by atoms with van der Waals surface area (Å²) in [5.74, 6) is -1.63. The van der Waals surface area contributed by atoms with Gasteiger partial charge in [0.25, 0.3) is 0 Å². The number of hydrogen-bond donors (Lipinski definition) is 0. The zero-order chi connectivity index (χ0) is 24.2. The van der Waals surface area contributed by atoms with Gasteiger partial charge in [0.1, 0.15) is 17.8 Å². The van der Waals surface area contributed by atoms with E-state index in [4.69, 9.17) is 21.1 Å². The van der Waals surface area contributed by atoms with E-state index in [2.05, 4.69) is 0 Å². The number of fused-ring (bicyclic) bond motifs is 5. The lowest BCUT2D eigenvalue weighted by Gasteiger charge is -2.47. The topological polar surface area (TPSA) is 76.2 Å². The van der Waals surface area contributed by atoms with Crippen molar-refractivity contribution in [2.75, 3.05) is 19.8 Å². The maximum Gasteiger partial charge on any atom is 0.312 e. The fourth-order valence-corrected chi connectivity index (χ4v) is 5.99. The summed E-state index contributed by atoms with van der Waals surface area (Å²) in [7, 11) is 0. The Balaban J connectivity index is 1.59. The fraction of sp³-hybridized carbons (Fsp3) is 0.423. The molecule has 178 valence electrons. The molecule has 0 aliphatic carbocycles. The Labute approximate surface area is 203 Å². The highest BCUT2D eigenvalue weighted by Gasteiger charge is 2.69. The van der Waals surface area contributed by atoms with Gasteiger partial charge in [-0.3, -0.25) is 14.4 Å². The van der Waals surface area contributed by atoms with Crippen molar-refractivity contribution in [2.45, 2.75) is 38.9 Å². The summed E-state index contributed by atoms with van der Waals surface area (Å²) in [6, 6.07) is 12.6. The fourth-order valence-electron chi connectivity index (χ4n) is 5.81. The predicted molar refractivity (Wildman–Crippen MR) is 125 cm³/mol. The van der Waals surface area contributed by atoms with E-state index < -0.39 is 29.4 Å². The van der Waals surface area contributed by atoms with Crippen molar-refractivity contribution in [1.29, 1.82) is 0 Å². The molecule has 7 nitrogen and oxygen atoms in total. The van der Waals surface area contributed by atoms with Crippen LogP contribution in [0.1, 0.15) is 36.6 Å². The Kier molecular flexibility index (Phi) is 5.55. The molecule has 5 rings (SSSR count). The number of aryl methyl sites for hydroxylation is 1. The Hall–Kier alpha value is -3.06. The van der Waals surface area contributed by atoms with Crippen LogP contribution in [-0.2, 0) is 25.7 Å². The lowest BCUT2D eigenvalue weighted by atomic mass is 9.77. The molecule has 3 aliphatic rings. The molecule has 0 aromatic heterocycles. The van der Waals surface area contributed by atoms with Crippen LogP contribution in [0, 0.1) is 18.8 Å². The van der Waals surface area contributed by atoms with Crippen molar-refractivity contribution in [3.8, 4) is 5.75 Å². The van der Waals surface area contributed by atoms with E-state index in [1.807, 2.05) is 31.2 Å². The molecule has 0 bridgehead atoms. The molecular formula is C26H27ClN2O5. The van der Waals surface area contributed by atoms with E-state index in [1.165, 1.54) is 0 Å². The van der Waals surface area contributed by atoms with E-state index in [1.54, 1.807) is 41.8 Å². The molecule has 0 radical (unpaired) electrons. The number of carbonyl (C=O) groups is 3. The van der Waals surface area contributed by atoms with Gasteiger partial charge < -0.3 is 19.3 Å². The van der Waals surface area contributed by atoms with Crippen molar-refractivity contribution in [3.05, 3.63) is 64.2 Å². The second-order valence-electron chi connectivity index (χ2n) is 9.39. The zero-order valence-corrected chi connectivity index (χ0v) is 20.2. The number of piperazine rings is 1. The van der Waals surface area contributed by atoms with Crippen molar-refractivity contribution in [1.82, 2.24) is 9.80 Å². The molecule has 0 N–H and O–H groups in total. The van der Waals surface area contributed by atoms with Gasteiger partial charge in [0.2, 0.25) is 11.8 Å². The van der Waals surface area contributed by atoms with E-state index >= 15 is 0 Å². The normalized spacial score (nSPS) is 27.6. The van der Waals surface area contributed by atoms with Crippen LogP contribution in [0.25, 0.3) is 0 Å². The average Bonchev–Trinajstić information content (AvgIpc) is 3.09. The summed E-state index contributed by atoms with van der Waals surface area (Å²) in [4.78, 5) is 44.1.